The summed E-state index contributed by atoms with van der Waals surface area (Å²) >= 11 is 0. The molecule has 0 atom stereocenters. The first-order valence-corrected chi connectivity index (χ1v) is 6.35. The van der Waals surface area contributed by atoms with Crippen LogP contribution in [0.3, 0.4) is 0 Å². The molecule has 0 aliphatic heterocycles. The Morgan fingerprint density at radius 3 is 2.33 bits per heavy atom. The van der Waals surface area contributed by atoms with Crippen LogP contribution >= 0.6 is 0 Å². The van der Waals surface area contributed by atoms with Crippen molar-refractivity contribution in [1.82, 2.24) is 10.2 Å². The van der Waals surface area contributed by atoms with Crippen LogP contribution in [0.15, 0.2) is 54.6 Å². The van der Waals surface area contributed by atoms with E-state index in [4.69, 9.17) is 15.7 Å². The van der Waals surface area contributed by atoms with Crippen molar-refractivity contribution in [3.05, 3.63) is 60.3 Å². The Kier molecular flexibility index (Phi) is 3.27. The summed E-state index contributed by atoms with van der Waals surface area (Å²) in [5, 5.41) is 15.5. The lowest BCUT2D eigenvalue weighted by molar-refractivity contribution is 0.483. The fourth-order valence-corrected chi connectivity index (χ4v) is 2.04. The van der Waals surface area contributed by atoms with Crippen molar-refractivity contribution in [1.29, 1.82) is 5.26 Å². The first kappa shape index (κ1) is 12.8. The standard InChI is InChI=1S/C16H12N4O/c17-10-14-15(16(18)20-19-14)11-6-8-13(9-7-11)21-12-4-2-1-3-5-12/h1-9H,(H3,18,19,20). The van der Waals surface area contributed by atoms with Gasteiger partial charge in [-0.05, 0) is 29.8 Å². The first-order valence-electron chi connectivity index (χ1n) is 6.35. The van der Waals surface area contributed by atoms with Gasteiger partial charge in [0.1, 0.15) is 23.3 Å². The Hall–Kier alpha value is -3.26. The van der Waals surface area contributed by atoms with Gasteiger partial charge in [0.15, 0.2) is 5.82 Å². The number of aromatic amines is 1. The minimum Gasteiger partial charge on any atom is -0.457 e. The SMILES string of the molecule is N#Cc1[nH]nc(N)c1-c1ccc(Oc2ccccc2)cc1. The topological polar surface area (TPSA) is 87.7 Å². The van der Waals surface area contributed by atoms with Crippen LogP contribution in [0.25, 0.3) is 11.1 Å². The van der Waals surface area contributed by atoms with Gasteiger partial charge < -0.3 is 10.5 Å². The van der Waals surface area contributed by atoms with E-state index in [1.54, 1.807) is 0 Å². The number of anilines is 1. The minimum absolute atomic E-state index is 0.309. The van der Waals surface area contributed by atoms with Crippen LogP contribution in [0, 0.1) is 11.3 Å². The summed E-state index contributed by atoms with van der Waals surface area (Å²) in [5.41, 5.74) is 7.57. The smallest absolute Gasteiger partial charge is 0.154 e. The van der Waals surface area contributed by atoms with Crippen LogP contribution < -0.4 is 10.5 Å². The molecule has 3 rings (SSSR count). The maximum atomic E-state index is 9.04. The monoisotopic (exact) mass is 276 g/mol. The van der Waals surface area contributed by atoms with Crippen molar-refractivity contribution >= 4 is 5.82 Å². The lowest BCUT2D eigenvalue weighted by atomic mass is 10.1. The van der Waals surface area contributed by atoms with E-state index in [0.717, 1.165) is 11.3 Å². The molecule has 0 saturated carbocycles. The third kappa shape index (κ3) is 2.55. The van der Waals surface area contributed by atoms with Gasteiger partial charge in [-0.1, -0.05) is 30.3 Å². The van der Waals surface area contributed by atoms with Crippen molar-refractivity contribution in [2.24, 2.45) is 0 Å². The van der Waals surface area contributed by atoms with Crippen molar-refractivity contribution in [2.75, 3.05) is 5.73 Å². The van der Waals surface area contributed by atoms with Gasteiger partial charge in [-0.2, -0.15) is 10.4 Å². The molecule has 0 spiro atoms. The van der Waals surface area contributed by atoms with Crippen molar-refractivity contribution < 1.29 is 4.74 Å². The van der Waals surface area contributed by atoms with Crippen LogP contribution in [0.5, 0.6) is 11.5 Å². The fraction of sp³-hybridized carbons (Fsp3) is 0. The van der Waals surface area contributed by atoms with Crippen LogP contribution in [0.4, 0.5) is 5.82 Å². The molecular weight excluding hydrogens is 264 g/mol. The predicted octanol–water partition coefficient (Wildman–Crippen LogP) is 3.32. The Bertz CT molecular complexity index is 785. The number of rotatable bonds is 3. The number of H-pyrrole nitrogens is 1. The summed E-state index contributed by atoms with van der Waals surface area (Å²) in [6.45, 7) is 0. The van der Waals surface area contributed by atoms with Gasteiger partial charge in [0.25, 0.3) is 0 Å². The average Bonchev–Trinajstić information content (AvgIpc) is 2.90. The Balaban J connectivity index is 1.88. The van der Waals surface area contributed by atoms with Gasteiger partial charge in [-0.15, -0.1) is 0 Å². The molecule has 21 heavy (non-hydrogen) atoms. The number of nitrogens with one attached hydrogen (secondary N) is 1. The Morgan fingerprint density at radius 1 is 1.00 bits per heavy atom. The van der Waals surface area contributed by atoms with Gasteiger partial charge in [0.05, 0.1) is 5.56 Å². The summed E-state index contributed by atoms with van der Waals surface area (Å²) in [6.07, 6.45) is 0. The molecular formula is C16H12N4O. The molecule has 3 N–H and O–H groups in total. The molecule has 102 valence electrons. The van der Waals surface area contributed by atoms with Crippen LogP contribution in [0.1, 0.15) is 5.69 Å². The number of nitriles is 1. The van der Waals surface area contributed by atoms with E-state index >= 15 is 0 Å². The number of nitrogens with zero attached hydrogens (tertiary/aromatic N) is 2. The van der Waals surface area contributed by atoms with Crippen molar-refractivity contribution in [3.63, 3.8) is 0 Å². The number of benzene rings is 2. The van der Waals surface area contributed by atoms with Crippen LogP contribution in [-0.4, -0.2) is 10.2 Å². The molecule has 0 fully saturated rings. The lowest BCUT2D eigenvalue weighted by Gasteiger charge is -2.06. The molecule has 0 bridgehead atoms. The maximum absolute atomic E-state index is 9.04. The van der Waals surface area contributed by atoms with E-state index in [1.165, 1.54) is 0 Å². The molecule has 0 amide bonds. The Labute approximate surface area is 121 Å². The number of aromatic nitrogens is 2. The predicted molar refractivity (Wildman–Crippen MR) is 79.7 cm³/mol. The van der Waals surface area contributed by atoms with Gasteiger partial charge in [0.2, 0.25) is 0 Å². The van der Waals surface area contributed by atoms with E-state index in [1.807, 2.05) is 60.7 Å². The maximum Gasteiger partial charge on any atom is 0.154 e. The number of nitrogen functional groups attached to an aromatic ring is 1. The zero-order chi connectivity index (χ0) is 14.7. The molecule has 5 heteroatoms. The summed E-state index contributed by atoms with van der Waals surface area (Å²) in [5.74, 6) is 1.79. The number of ether oxygens (including phenoxy) is 1. The second kappa shape index (κ2) is 5.39. The van der Waals surface area contributed by atoms with Crippen molar-refractivity contribution in [3.8, 4) is 28.7 Å². The summed E-state index contributed by atoms with van der Waals surface area (Å²) in [4.78, 5) is 0. The number of nitrogens with two attached hydrogens (primary N) is 1. The molecule has 0 aliphatic carbocycles. The quantitative estimate of drug-likeness (QED) is 0.768. The molecule has 5 nitrogen and oxygen atoms in total. The van der Waals surface area contributed by atoms with E-state index in [-0.39, 0.29) is 0 Å². The molecule has 1 aromatic heterocycles. The molecule has 0 saturated heterocycles. The molecule has 0 aliphatic rings. The van der Waals surface area contributed by atoms with E-state index in [2.05, 4.69) is 10.2 Å². The average molecular weight is 276 g/mol. The number of hydrogen-bond donors (Lipinski definition) is 2. The summed E-state index contributed by atoms with van der Waals surface area (Å²) < 4.78 is 5.72. The normalized spacial score (nSPS) is 10.0. The molecule has 0 unspecified atom stereocenters. The summed E-state index contributed by atoms with van der Waals surface area (Å²) in [7, 11) is 0. The van der Waals surface area contributed by atoms with Gasteiger partial charge in [-0.3, -0.25) is 5.10 Å². The van der Waals surface area contributed by atoms with E-state index in [0.29, 0.717) is 22.8 Å². The fourth-order valence-electron chi connectivity index (χ4n) is 2.04. The van der Waals surface area contributed by atoms with E-state index < -0.39 is 0 Å². The highest BCUT2D eigenvalue weighted by molar-refractivity contribution is 5.78. The zero-order valence-electron chi connectivity index (χ0n) is 11.1. The molecule has 2 aromatic carbocycles. The molecule has 3 aromatic rings. The van der Waals surface area contributed by atoms with Crippen molar-refractivity contribution in [2.45, 2.75) is 0 Å². The summed E-state index contributed by atoms with van der Waals surface area (Å²) in [6, 6.07) is 18.9. The largest absolute Gasteiger partial charge is 0.457 e. The van der Waals surface area contributed by atoms with Gasteiger partial charge >= 0.3 is 0 Å². The highest BCUT2D eigenvalue weighted by atomic mass is 16.5. The molecule has 0 radical (unpaired) electrons. The molecule has 1 heterocycles. The van der Waals surface area contributed by atoms with Gasteiger partial charge in [0, 0.05) is 0 Å². The Morgan fingerprint density at radius 2 is 1.67 bits per heavy atom. The second-order valence-corrected chi connectivity index (χ2v) is 4.41. The first-order chi connectivity index (χ1) is 10.3. The highest BCUT2D eigenvalue weighted by Crippen LogP contribution is 2.30. The number of hydrogen-bond acceptors (Lipinski definition) is 4. The third-order valence-electron chi connectivity index (χ3n) is 3.03. The van der Waals surface area contributed by atoms with Crippen LogP contribution in [0.2, 0.25) is 0 Å². The third-order valence-corrected chi connectivity index (χ3v) is 3.03. The lowest BCUT2D eigenvalue weighted by Crippen LogP contribution is -1.89. The number of para-hydroxylation sites is 1. The van der Waals surface area contributed by atoms with E-state index in [9.17, 15) is 0 Å². The highest BCUT2D eigenvalue weighted by Gasteiger charge is 2.12. The van der Waals surface area contributed by atoms with Crippen LogP contribution in [-0.2, 0) is 0 Å². The minimum atomic E-state index is 0.309. The second-order valence-electron chi connectivity index (χ2n) is 4.41. The zero-order valence-corrected chi connectivity index (χ0v) is 11.1. The van der Waals surface area contributed by atoms with Gasteiger partial charge in [-0.25, -0.2) is 0 Å².